The van der Waals surface area contributed by atoms with E-state index in [1.54, 1.807) is 19.9 Å². The summed E-state index contributed by atoms with van der Waals surface area (Å²) in [7, 11) is -2.88. The fourth-order valence-electron chi connectivity index (χ4n) is 5.62. The van der Waals surface area contributed by atoms with Gasteiger partial charge in [-0.15, -0.1) is 6.58 Å². The number of allylic oxidation sites excluding steroid dienone is 4. The maximum Gasteiger partial charge on any atom is 0.324 e. The van der Waals surface area contributed by atoms with Gasteiger partial charge in [0.25, 0.3) is 8.32 Å². The lowest BCUT2D eigenvalue weighted by molar-refractivity contribution is -0.175. The average molecular weight is 547 g/mol. The van der Waals surface area contributed by atoms with Gasteiger partial charge in [0.05, 0.1) is 19.3 Å². The van der Waals surface area contributed by atoms with E-state index < -0.39 is 31.6 Å². The third-order valence-corrected chi connectivity index (χ3v) is 12.5. The van der Waals surface area contributed by atoms with Gasteiger partial charge in [-0.2, -0.15) is 0 Å². The van der Waals surface area contributed by atoms with Gasteiger partial charge in [0.2, 0.25) is 0 Å². The Morgan fingerprint density at radius 3 is 1.79 bits per heavy atom. The van der Waals surface area contributed by atoms with Crippen molar-refractivity contribution in [3.63, 3.8) is 0 Å². The molecular formula is C33H42O5Si. The van der Waals surface area contributed by atoms with Crippen LogP contribution in [0.15, 0.2) is 97.6 Å². The van der Waals surface area contributed by atoms with Crippen LogP contribution in [0.5, 0.6) is 0 Å². The first-order valence-electron chi connectivity index (χ1n) is 13.8. The van der Waals surface area contributed by atoms with Gasteiger partial charge in [-0.1, -0.05) is 112 Å². The second-order valence-corrected chi connectivity index (χ2v) is 15.1. The molecule has 0 unspecified atom stereocenters. The van der Waals surface area contributed by atoms with E-state index in [-0.39, 0.29) is 30.8 Å². The number of carbonyl (C=O) groups excluding carboxylic acids is 2. The summed E-state index contributed by atoms with van der Waals surface area (Å²) in [4.78, 5) is 27.0. The van der Waals surface area contributed by atoms with Gasteiger partial charge in [-0.3, -0.25) is 9.59 Å². The normalized spacial score (nSPS) is 17.8. The summed E-state index contributed by atoms with van der Waals surface area (Å²) >= 11 is 0. The van der Waals surface area contributed by atoms with Gasteiger partial charge in [0.15, 0.2) is 5.41 Å². The van der Waals surface area contributed by atoms with Crippen molar-refractivity contribution in [3.05, 3.63) is 97.6 Å². The number of esters is 2. The number of hydrogen-bond donors (Lipinski definition) is 0. The highest BCUT2D eigenvalue weighted by molar-refractivity contribution is 6.99. The minimum Gasteiger partial charge on any atom is -0.465 e. The van der Waals surface area contributed by atoms with E-state index in [0.29, 0.717) is 6.42 Å². The number of rotatable bonds is 11. The lowest BCUT2D eigenvalue weighted by atomic mass is 9.70. The smallest absolute Gasteiger partial charge is 0.324 e. The molecule has 2 aromatic carbocycles. The molecule has 1 aliphatic carbocycles. The molecule has 0 saturated heterocycles. The highest BCUT2D eigenvalue weighted by Gasteiger charge is 2.55. The topological polar surface area (TPSA) is 61.8 Å². The second kappa shape index (κ2) is 13.2. The molecule has 0 radical (unpaired) electrons. The molecular weight excluding hydrogens is 504 g/mol. The first-order valence-corrected chi connectivity index (χ1v) is 15.7. The maximum atomic E-state index is 13.5. The van der Waals surface area contributed by atoms with E-state index >= 15 is 0 Å². The van der Waals surface area contributed by atoms with Crippen LogP contribution in [0.2, 0.25) is 5.04 Å². The van der Waals surface area contributed by atoms with Crippen LogP contribution in [-0.2, 0) is 23.5 Å². The third-order valence-electron chi connectivity index (χ3n) is 7.39. The van der Waals surface area contributed by atoms with Gasteiger partial charge in [-0.05, 0) is 42.1 Å². The van der Waals surface area contributed by atoms with Crippen LogP contribution >= 0.6 is 0 Å². The monoisotopic (exact) mass is 546 g/mol. The fourth-order valence-corrected chi connectivity index (χ4v) is 10.3. The van der Waals surface area contributed by atoms with E-state index in [0.717, 1.165) is 0 Å². The lowest BCUT2D eigenvalue weighted by Crippen LogP contribution is -2.67. The van der Waals surface area contributed by atoms with E-state index in [1.807, 2.05) is 36.4 Å². The van der Waals surface area contributed by atoms with Crippen molar-refractivity contribution in [3.8, 4) is 0 Å². The SMILES string of the molecule is C=CCC(C(=O)OCC)(C(=O)OCC)[C@@H]1C=CC=C[C@H](O[Si](c2ccccc2)(c2ccccc2)C(C)(C)C)C1. The fraction of sp³-hybridized carbons (Fsp3) is 0.394. The summed E-state index contributed by atoms with van der Waals surface area (Å²) in [5.41, 5.74) is -1.55. The van der Waals surface area contributed by atoms with Crippen LogP contribution in [0.4, 0.5) is 0 Å². The standard InChI is InChI=1S/C33H42O5Si/c1-7-24-33(30(34)36-8-2,31(35)37-9-3)26-18-16-17-19-27(25-26)38-39(32(4,5)6,28-20-12-10-13-21-28)29-22-14-11-15-23-29/h7,10-23,26-27H,1,8-9,24-25H2,2-6H3/t26-,27+/m1/s1. The van der Waals surface area contributed by atoms with Crippen molar-refractivity contribution >= 4 is 30.6 Å². The third kappa shape index (κ3) is 6.18. The van der Waals surface area contributed by atoms with Crippen molar-refractivity contribution in [2.45, 2.75) is 58.6 Å². The Labute approximate surface area is 234 Å². The van der Waals surface area contributed by atoms with E-state index in [4.69, 9.17) is 13.9 Å². The van der Waals surface area contributed by atoms with E-state index in [9.17, 15) is 9.59 Å². The predicted molar refractivity (Wildman–Crippen MR) is 159 cm³/mol. The Bertz CT molecular complexity index is 1110. The first kappa shape index (κ1) is 30.3. The molecule has 0 aromatic heterocycles. The van der Waals surface area contributed by atoms with Crippen LogP contribution in [0.1, 0.15) is 47.5 Å². The van der Waals surface area contributed by atoms with Crippen molar-refractivity contribution in [2.24, 2.45) is 11.3 Å². The summed E-state index contributed by atoms with van der Waals surface area (Å²) < 4.78 is 18.3. The largest absolute Gasteiger partial charge is 0.465 e. The summed E-state index contributed by atoms with van der Waals surface area (Å²) in [6.07, 6.45) is 9.50. The molecule has 0 saturated carbocycles. The lowest BCUT2D eigenvalue weighted by Gasteiger charge is -2.45. The predicted octanol–water partition coefficient (Wildman–Crippen LogP) is 5.75. The summed E-state index contributed by atoms with van der Waals surface area (Å²) in [6, 6.07) is 20.9. The summed E-state index contributed by atoms with van der Waals surface area (Å²) in [5.74, 6) is -1.71. The molecule has 0 heterocycles. The molecule has 0 amide bonds. The van der Waals surface area contributed by atoms with Gasteiger partial charge in [0, 0.05) is 5.92 Å². The van der Waals surface area contributed by atoms with Gasteiger partial charge in [-0.25, -0.2) is 0 Å². The van der Waals surface area contributed by atoms with E-state index in [1.165, 1.54) is 10.4 Å². The Morgan fingerprint density at radius 2 is 1.36 bits per heavy atom. The number of benzene rings is 2. The first-order chi connectivity index (χ1) is 18.7. The Kier molecular flexibility index (Phi) is 10.3. The highest BCUT2D eigenvalue weighted by atomic mass is 28.4. The van der Waals surface area contributed by atoms with Crippen LogP contribution < -0.4 is 10.4 Å². The molecule has 3 rings (SSSR count). The maximum absolute atomic E-state index is 13.5. The molecule has 208 valence electrons. The molecule has 0 fully saturated rings. The molecule has 39 heavy (non-hydrogen) atoms. The van der Waals surface area contributed by atoms with E-state index in [2.05, 4.69) is 75.9 Å². The Morgan fingerprint density at radius 1 is 0.872 bits per heavy atom. The van der Waals surface area contributed by atoms with Crippen LogP contribution in [0, 0.1) is 11.3 Å². The average Bonchev–Trinajstić information content (AvgIpc) is 3.16. The molecule has 0 aliphatic heterocycles. The Balaban J connectivity index is 2.15. The second-order valence-electron chi connectivity index (χ2n) is 10.8. The zero-order chi connectivity index (χ0) is 28.5. The molecule has 0 spiro atoms. The zero-order valence-corrected chi connectivity index (χ0v) is 24.9. The quantitative estimate of drug-likeness (QED) is 0.155. The molecule has 6 heteroatoms. The van der Waals surface area contributed by atoms with Gasteiger partial charge < -0.3 is 13.9 Å². The highest BCUT2D eigenvalue weighted by Crippen LogP contribution is 2.43. The van der Waals surface area contributed by atoms with Crippen LogP contribution in [-0.4, -0.2) is 39.6 Å². The Hall–Kier alpha value is -3.22. The zero-order valence-electron chi connectivity index (χ0n) is 23.9. The van der Waals surface area contributed by atoms with Crippen molar-refractivity contribution in [2.75, 3.05) is 13.2 Å². The summed E-state index contributed by atoms with van der Waals surface area (Å²) in [6.45, 7) is 14.3. The molecule has 1 aliphatic rings. The molecule has 0 bridgehead atoms. The van der Waals surface area contributed by atoms with Crippen molar-refractivity contribution in [1.82, 2.24) is 0 Å². The summed E-state index contributed by atoms with van der Waals surface area (Å²) in [5, 5.41) is 2.11. The molecule has 5 nitrogen and oxygen atoms in total. The van der Waals surface area contributed by atoms with Crippen LogP contribution in [0.3, 0.4) is 0 Å². The molecule has 0 N–H and O–H groups in total. The minimum absolute atomic E-state index is 0.103. The number of carbonyl (C=O) groups is 2. The number of ether oxygens (including phenoxy) is 2. The van der Waals surface area contributed by atoms with Crippen molar-refractivity contribution in [1.29, 1.82) is 0 Å². The van der Waals surface area contributed by atoms with Crippen LogP contribution in [0.25, 0.3) is 0 Å². The molecule has 2 atom stereocenters. The number of hydrogen-bond acceptors (Lipinski definition) is 5. The molecule has 2 aromatic rings. The van der Waals surface area contributed by atoms with Crippen molar-refractivity contribution < 1.29 is 23.5 Å². The van der Waals surface area contributed by atoms with Gasteiger partial charge >= 0.3 is 11.9 Å². The van der Waals surface area contributed by atoms with Gasteiger partial charge in [0.1, 0.15) is 0 Å². The minimum atomic E-state index is -2.88.